The van der Waals surface area contributed by atoms with E-state index in [9.17, 15) is 0 Å². The van der Waals surface area contributed by atoms with Crippen molar-refractivity contribution in [2.24, 2.45) is 0 Å². The standard InChI is InChI=1S/C9H14BrN/c1-7-5-6-11(8(7)10)9(2,3)4/h5-6H,1-4H3. The summed E-state index contributed by atoms with van der Waals surface area (Å²) in [5, 5.41) is 0. The third-order valence-corrected chi connectivity index (χ3v) is 2.74. The first kappa shape index (κ1) is 8.85. The van der Waals surface area contributed by atoms with E-state index in [2.05, 4.69) is 60.5 Å². The van der Waals surface area contributed by atoms with Gasteiger partial charge in [-0.2, -0.15) is 0 Å². The van der Waals surface area contributed by atoms with Gasteiger partial charge in [0.05, 0.1) is 4.60 Å². The average molecular weight is 216 g/mol. The Balaban J connectivity index is 3.15. The van der Waals surface area contributed by atoms with Crippen molar-refractivity contribution in [3.05, 3.63) is 22.4 Å². The van der Waals surface area contributed by atoms with E-state index < -0.39 is 0 Å². The van der Waals surface area contributed by atoms with E-state index in [-0.39, 0.29) is 5.54 Å². The summed E-state index contributed by atoms with van der Waals surface area (Å²) in [6, 6.07) is 2.12. The Morgan fingerprint density at radius 1 is 1.36 bits per heavy atom. The minimum Gasteiger partial charge on any atom is -0.337 e. The summed E-state index contributed by atoms with van der Waals surface area (Å²) < 4.78 is 3.41. The topological polar surface area (TPSA) is 4.93 Å². The number of hydrogen-bond acceptors (Lipinski definition) is 0. The molecule has 0 radical (unpaired) electrons. The SMILES string of the molecule is Cc1ccn(C(C)(C)C)c1Br. The molecular formula is C9H14BrN. The lowest BCUT2D eigenvalue weighted by Crippen LogP contribution is -2.20. The van der Waals surface area contributed by atoms with Gasteiger partial charge < -0.3 is 4.57 Å². The second-order valence-corrected chi connectivity index (χ2v) is 4.58. The van der Waals surface area contributed by atoms with Crippen LogP contribution in [0.5, 0.6) is 0 Å². The minimum atomic E-state index is 0.174. The molecule has 0 aliphatic carbocycles. The van der Waals surface area contributed by atoms with Gasteiger partial charge in [0.15, 0.2) is 0 Å². The van der Waals surface area contributed by atoms with E-state index in [0.717, 1.165) is 0 Å². The minimum absolute atomic E-state index is 0.174. The van der Waals surface area contributed by atoms with Gasteiger partial charge in [0.2, 0.25) is 0 Å². The lowest BCUT2D eigenvalue weighted by molar-refractivity contribution is 0.391. The van der Waals surface area contributed by atoms with Gasteiger partial charge in [-0.25, -0.2) is 0 Å². The summed E-state index contributed by atoms with van der Waals surface area (Å²) in [5.41, 5.74) is 1.47. The van der Waals surface area contributed by atoms with Crippen LogP contribution in [-0.4, -0.2) is 4.57 Å². The number of aryl methyl sites for hydroxylation is 1. The molecule has 0 aliphatic rings. The van der Waals surface area contributed by atoms with E-state index in [1.807, 2.05) is 0 Å². The first-order valence-electron chi connectivity index (χ1n) is 3.77. The predicted octanol–water partition coefficient (Wildman–Crippen LogP) is 3.31. The molecule has 1 heterocycles. The Labute approximate surface area is 76.5 Å². The second kappa shape index (κ2) is 2.67. The first-order chi connectivity index (χ1) is 4.93. The smallest absolute Gasteiger partial charge is 0.0880 e. The summed E-state index contributed by atoms with van der Waals surface area (Å²) in [6.07, 6.45) is 2.11. The van der Waals surface area contributed by atoms with Crippen molar-refractivity contribution in [3.63, 3.8) is 0 Å². The lowest BCUT2D eigenvalue weighted by atomic mass is 10.1. The molecule has 1 aromatic heterocycles. The van der Waals surface area contributed by atoms with Crippen molar-refractivity contribution in [2.75, 3.05) is 0 Å². The zero-order valence-corrected chi connectivity index (χ0v) is 9.07. The molecule has 0 unspecified atom stereocenters. The molecule has 0 aliphatic heterocycles. The van der Waals surface area contributed by atoms with Crippen molar-refractivity contribution in [2.45, 2.75) is 33.2 Å². The fraction of sp³-hybridized carbons (Fsp3) is 0.556. The molecular weight excluding hydrogens is 202 g/mol. The molecule has 0 amide bonds. The van der Waals surface area contributed by atoms with Crippen LogP contribution in [0.2, 0.25) is 0 Å². The van der Waals surface area contributed by atoms with Gasteiger partial charge in [-0.1, -0.05) is 0 Å². The zero-order chi connectivity index (χ0) is 8.65. The van der Waals surface area contributed by atoms with Gasteiger partial charge >= 0.3 is 0 Å². The highest BCUT2D eigenvalue weighted by Crippen LogP contribution is 2.24. The molecule has 11 heavy (non-hydrogen) atoms. The van der Waals surface area contributed by atoms with Crippen LogP contribution in [-0.2, 0) is 5.54 Å². The fourth-order valence-corrected chi connectivity index (χ4v) is 1.81. The monoisotopic (exact) mass is 215 g/mol. The highest BCUT2D eigenvalue weighted by Gasteiger charge is 2.15. The van der Waals surface area contributed by atoms with Crippen molar-refractivity contribution < 1.29 is 0 Å². The van der Waals surface area contributed by atoms with E-state index in [4.69, 9.17) is 0 Å². The van der Waals surface area contributed by atoms with Crippen molar-refractivity contribution in [1.82, 2.24) is 4.57 Å². The zero-order valence-electron chi connectivity index (χ0n) is 7.48. The normalized spacial score (nSPS) is 12.1. The van der Waals surface area contributed by atoms with Crippen LogP contribution in [0.3, 0.4) is 0 Å². The second-order valence-electron chi connectivity index (χ2n) is 3.83. The van der Waals surface area contributed by atoms with Gasteiger partial charge in [-0.05, 0) is 55.3 Å². The fourth-order valence-electron chi connectivity index (χ4n) is 1.03. The van der Waals surface area contributed by atoms with E-state index in [1.54, 1.807) is 0 Å². The molecule has 0 spiro atoms. The van der Waals surface area contributed by atoms with Gasteiger partial charge in [0.25, 0.3) is 0 Å². The molecule has 0 aromatic carbocycles. The maximum atomic E-state index is 3.55. The summed E-state index contributed by atoms with van der Waals surface area (Å²) in [4.78, 5) is 0. The molecule has 1 aromatic rings. The summed E-state index contributed by atoms with van der Waals surface area (Å²) >= 11 is 3.55. The Hall–Kier alpha value is -0.240. The Morgan fingerprint density at radius 3 is 2.09 bits per heavy atom. The van der Waals surface area contributed by atoms with Crippen LogP contribution >= 0.6 is 15.9 Å². The highest BCUT2D eigenvalue weighted by molar-refractivity contribution is 9.10. The summed E-state index contributed by atoms with van der Waals surface area (Å²) in [7, 11) is 0. The molecule has 0 N–H and O–H groups in total. The largest absolute Gasteiger partial charge is 0.337 e. The molecule has 0 bridgehead atoms. The number of hydrogen-bond donors (Lipinski definition) is 0. The van der Waals surface area contributed by atoms with Crippen molar-refractivity contribution in [3.8, 4) is 0 Å². The Bertz CT molecular complexity index is 255. The lowest BCUT2D eigenvalue weighted by Gasteiger charge is -2.22. The van der Waals surface area contributed by atoms with Gasteiger partial charge in [0, 0.05) is 11.7 Å². The highest BCUT2D eigenvalue weighted by atomic mass is 79.9. The van der Waals surface area contributed by atoms with Crippen molar-refractivity contribution in [1.29, 1.82) is 0 Å². The Morgan fingerprint density at radius 2 is 1.91 bits per heavy atom. The van der Waals surface area contributed by atoms with E-state index >= 15 is 0 Å². The maximum Gasteiger partial charge on any atom is 0.0880 e. The van der Waals surface area contributed by atoms with Crippen LogP contribution < -0.4 is 0 Å². The van der Waals surface area contributed by atoms with Crippen molar-refractivity contribution >= 4 is 15.9 Å². The summed E-state index contributed by atoms with van der Waals surface area (Å²) in [6.45, 7) is 8.68. The molecule has 2 heteroatoms. The maximum absolute atomic E-state index is 3.55. The third-order valence-electron chi connectivity index (χ3n) is 1.73. The van der Waals surface area contributed by atoms with Crippen LogP contribution in [0.15, 0.2) is 16.9 Å². The van der Waals surface area contributed by atoms with Gasteiger partial charge in [-0.3, -0.25) is 0 Å². The number of halogens is 1. The molecule has 0 fully saturated rings. The van der Waals surface area contributed by atoms with Crippen LogP contribution in [0.1, 0.15) is 26.3 Å². The first-order valence-corrected chi connectivity index (χ1v) is 4.56. The number of aromatic nitrogens is 1. The molecule has 0 saturated carbocycles. The van der Waals surface area contributed by atoms with Crippen LogP contribution in [0.4, 0.5) is 0 Å². The quantitative estimate of drug-likeness (QED) is 0.626. The van der Waals surface area contributed by atoms with E-state index in [0.29, 0.717) is 0 Å². The van der Waals surface area contributed by atoms with E-state index in [1.165, 1.54) is 10.2 Å². The third kappa shape index (κ3) is 1.67. The molecule has 0 atom stereocenters. The Kier molecular flexibility index (Phi) is 2.15. The van der Waals surface area contributed by atoms with Gasteiger partial charge in [0.1, 0.15) is 0 Å². The summed E-state index contributed by atoms with van der Waals surface area (Å²) in [5.74, 6) is 0. The average Bonchev–Trinajstić information content (AvgIpc) is 2.11. The number of rotatable bonds is 0. The molecule has 1 rings (SSSR count). The van der Waals surface area contributed by atoms with Crippen LogP contribution in [0, 0.1) is 6.92 Å². The molecule has 0 saturated heterocycles. The molecule has 1 nitrogen and oxygen atoms in total. The number of nitrogens with zero attached hydrogens (tertiary/aromatic N) is 1. The molecule has 62 valence electrons. The predicted molar refractivity (Wildman–Crippen MR) is 51.9 cm³/mol. The van der Waals surface area contributed by atoms with Crippen LogP contribution in [0.25, 0.3) is 0 Å². The van der Waals surface area contributed by atoms with Gasteiger partial charge in [-0.15, -0.1) is 0 Å².